The maximum Gasteiger partial charge on any atom is 0.353 e. The zero-order valence-corrected chi connectivity index (χ0v) is 16.8. The molecular weight excluding hydrogens is 366 g/mol. The summed E-state index contributed by atoms with van der Waals surface area (Å²) in [5, 5.41) is 14.3. The van der Waals surface area contributed by atoms with Crippen LogP contribution in [0.1, 0.15) is 26.7 Å². The fraction of sp³-hybridized carbons (Fsp3) is 0.364. The molecule has 0 amide bonds. The van der Waals surface area contributed by atoms with Crippen LogP contribution >= 0.6 is 0 Å². The van der Waals surface area contributed by atoms with Crippen LogP contribution < -0.4 is 9.80 Å². The van der Waals surface area contributed by atoms with Crippen LogP contribution in [0.15, 0.2) is 48.8 Å². The average Bonchev–Trinajstić information content (AvgIpc) is 2.75. The summed E-state index contributed by atoms with van der Waals surface area (Å²) in [6.07, 6.45) is 3.47. The van der Waals surface area contributed by atoms with Crippen LogP contribution in [0.5, 0.6) is 0 Å². The maximum atomic E-state index is 12.1. The van der Waals surface area contributed by atoms with Crippen molar-refractivity contribution in [2.24, 2.45) is 5.92 Å². The number of anilines is 3. The molecule has 0 unspecified atom stereocenters. The van der Waals surface area contributed by atoms with Gasteiger partial charge in [0.05, 0.1) is 10.6 Å². The van der Waals surface area contributed by atoms with Crippen molar-refractivity contribution in [1.82, 2.24) is 9.97 Å². The van der Waals surface area contributed by atoms with E-state index in [0.29, 0.717) is 24.1 Å². The third-order valence-electron chi connectivity index (χ3n) is 5.68. The van der Waals surface area contributed by atoms with Crippen molar-refractivity contribution in [2.45, 2.75) is 26.7 Å². The molecule has 1 aromatic heterocycles. The van der Waals surface area contributed by atoms with Gasteiger partial charge in [0, 0.05) is 25.0 Å². The number of benzene rings is 2. The Morgan fingerprint density at radius 1 is 1.14 bits per heavy atom. The summed E-state index contributed by atoms with van der Waals surface area (Å²) in [5.41, 5.74) is 0.891. The van der Waals surface area contributed by atoms with Crippen LogP contribution in [-0.4, -0.2) is 34.5 Å². The molecule has 4 rings (SSSR count). The van der Waals surface area contributed by atoms with Gasteiger partial charge in [-0.1, -0.05) is 43.3 Å². The molecule has 7 nitrogen and oxygen atoms in total. The molecule has 0 radical (unpaired) electrons. The molecule has 0 atom stereocenters. The minimum absolute atomic E-state index is 0.0168. The molecule has 0 aliphatic carbocycles. The third-order valence-corrected chi connectivity index (χ3v) is 5.68. The lowest BCUT2D eigenvalue weighted by atomic mass is 9.99. The Morgan fingerprint density at radius 3 is 2.59 bits per heavy atom. The Balaban J connectivity index is 1.84. The second-order valence-electron chi connectivity index (χ2n) is 7.54. The highest BCUT2D eigenvalue weighted by Crippen LogP contribution is 2.40. The Bertz CT molecular complexity index is 1030. The number of aromatic nitrogens is 2. The van der Waals surface area contributed by atoms with Gasteiger partial charge < -0.3 is 9.80 Å². The molecule has 1 saturated heterocycles. The fourth-order valence-corrected chi connectivity index (χ4v) is 4.05. The summed E-state index contributed by atoms with van der Waals surface area (Å²) in [6.45, 7) is 6.31. The zero-order valence-electron chi connectivity index (χ0n) is 16.8. The van der Waals surface area contributed by atoms with Gasteiger partial charge >= 0.3 is 5.69 Å². The Morgan fingerprint density at radius 2 is 1.86 bits per heavy atom. The second kappa shape index (κ2) is 8.03. The van der Waals surface area contributed by atoms with E-state index in [1.54, 1.807) is 0 Å². The predicted molar refractivity (Wildman–Crippen MR) is 116 cm³/mol. The lowest BCUT2D eigenvalue weighted by molar-refractivity contribution is -0.383. The van der Waals surface area contributed by atoms with Crippen LogP contribution in [0.25, 0.3) is 10.8 Å². The quantitative estimate of drug-likeness (QED) is 0.453. The van der Waals surface area contributed by atoms with Crippen LogP contribution in [0, 0.1) is 16.0 Å². The van der Waals surface area contributed by atoms with Crippen LogP contribution in [0.4, 0.5) is 23.0 Å². The van der Waals surface area contributed by atoms with Gasteiger partial charge in [-0.05, 0) is 37.1 Å². The van der Waals surface area contributed by atoms with E-state index in [4.69, 9.17) is 0 Å². The molecule has 2 heterocycles. The third kappa shape index (κ3) is 3.60. The van der Waals surface area contributed by atoms with Gasteiger partial charge in [0.25, 0.3) is 0 Å². The van der Waals surface area contributed by atoms with Gasteiger partial charge in [0.2, 0.25) is 11.6 Å². The smallest absolute Gasteiger partial charge is 0.351 e. The van der Waals surface area contributed by atoms with E-state index < -0.39 is 0 Å². The summed E-state index contributed by atoms with van der Waals surface area (Å²) in [5.74, 6) is 1.40. The Kier molecular flexibility index (Phi) is 5.29. The van der Waals surface area contributed by atoms with Crippen molar-refractivity contribution >= 4 is 33.8 Å². The Hall–Kier alpha value is -3.22. The number of nitrogens with zero attached hydrogens (tertiary/aromatic N) is 5. The molecule has 150 valence electrons. The lowest BCUT2D eigenvalue weighted by Crippen LogP contribution is -2.34. The molecule has 3 aromatic rings. The molecule has 1 fully saturated rings. The van der Waals surface area contributed by atoms with E-state index in [0.717, 1.165) is 42.4 Å². The van der Waals surface area contributed by atoms with E-state index in [1.807, 2.05) is 59.2 Å². The number of hydrogen-bond donors (Lipinski definition) is 0. The molecule has 29 heavy (non-hydrogen) atoms. The van der Waals surface area contributed by atoms with E-state index in [-0.39, 0.29) is 10.6 Å². The summed E-state index contributed by atoms with van der Waals surface area (Å²) >= 11 is 0. The van der Waals surface area contributed by atoms with Crippen LogP contribution in [0.3, 0.4) is 0 Å². The summed E-state index contributed by atoms with van der Waals surface area (Å²) < 4.78 is 0. The number of nitro groups is 1. The van der Waals surface area contributed by atoms with Crippen molar-refractivity contribution in [2.75, 3.05) is 29.4 Å². The van der Waals surface area contributed by atoms with Gasteiger partial charge in [-0.25, -0.2) is 9.97 Å². The first-order valence-electron chi connectivity index (χ1n) is 10.1. The standard InChI is InChI=1S/C22H25N5O2/c1-3-26(19-10-6-8-17-7-4-5-9-18(17)19)22-20(27(28)29)21(23-15-24-22)25-13-11-16(2)12-14-25/h4-10,15-16H,3,11-14H2,1-2H3. The topological polar surface area (TPSA) is 75.4 Å². The van der Waals surface area contributed by atoms with Crippen LogP contribution in [0.2, 0.25) is 0 Å². The molecule has 2 aromatic carbocycles. The first-order valence-corrected chi connectivity index (χ1v) is 10.1. The second-order valence-corrected chi connectivity index (χ2v) is 7.54. The molecule has 7 heteroatoms. The SMILES string of the molecule is CCN(c1ncnc(N2CCC(C)CC2)c1[N+](=O)[O-])c1cccc2ccccc12. The molecule has 0 bridgehead atoms. The zero-order chi connectivity index (χ0) is 20.4. The van der Waals surface area contributed by atoms with E-state index in [2.05, 4.69) is 16.9 Å². The molecule has 0 saturated carbocycles. The summed E-state index contributed by atoms with van der Waals surface area (Å²) in [4.78, 5) is 24.4. The number of fused-ring (bicyclic) bond motifs is 1. The molecule has 1 aliphatic rings. The van der Waals surface area contributed by atoms with Crippen molar-refractivity contribution in [3.05, 3.63) is 58.9 Å². The van der Waals surface area contributed by atoms with Gasteiger partial charge in [-0.2, -0.15) is 0 Å². The van der Waals surface area contributed by atoms with Crippen molar-refractivity contribution in [3.63, 3.8) is 0 Å². The summed E-state index contributed by atoms with van der Waals surface area (Å²) in [7, 11) is 0. The molecule has 1 aliphatic heterocycles. The van der Waals surface area contributed by atoms with Crippen LogP contribution in [-0.2, 0) is 0 Å². The fourth-order valence-electron chi connectivity index (χ4n) is 4.05. The highest BCUT2D eigenvalue weighted by molar-refractivity contribution is 5.96. The predicted octanol–water partition coefficient (Wildman–Crippen LogP) is 4.93. The minimum atomic E-state index is -0.337. The first kappa shape index (κ1) is 19.1. The van der Waals surface area contributed by atoms with Gasteiger partial charge in [0.15, 0.2) is 0 Å². The van der Waals surface area contributed by atoms with E-state index >= 15 is 0 Å². The van der Waals surface area contributed by atoms with Gasteiger partial charge in [-0.15, -0.1) is 0 Å². The number of rotatable bonds is 5. The normalized spacial score (nSPS) is 14.9. The highest BCUT2D eigenvalue weighted by Gasteiger charge is 2.32. The van der Waals surface area contributed by atoms with Crippen molar-refractivity contribution in [3.8, 4) is 0 Å². The molecular formula is C22H25N5O2. The molecule has 0 N–H and O–H groups in total. The highest BCUT2D eigenvalue weighted by atomic mass is 16.6. The number of hydrogen-bond acceptors (Lipinski definition) is 6. The minimum Gasteiger partial charge on any atom is -0.351 e. The Labute approximate surface area is 170 Å². The maximum absolute atomic E-state index is 12.1. The first-order chi connectivity index (χ1) is 14.1. The van der Waals surface area contributed by atoms with Crippen molar-refractivity contribution < 1.29 is 4.92 Å². The largest absolute Gasteiger partial charge is 0.353 e. The average molecular weight is 391 g/mol. The lowest BCUT2D eigenvalue weighted by Gasteiger charge is -2.31. The molecule has 0 spiro atoms. The van der Waals surface area contributed by atoms with E-state index in [1.165, 1.54) is 6.33 Å². The number of piperidine rings is 1. The summed E-state index contributed by atoms with van der Waals surface area (Å²) in [6, 6.07) is 14.1. The van der Waals surface area contributed by atoms with Crippen molar-refractivity contribution in [1.29, 1.82) is 0 Å². The van der Waals surface area contributed by atoms with Gasteiger partial charge in [-0.3, -0.25) is 10.1 Å². The van der Waals surface area contributed by atoms with Gasteiger partial charge in [0.1, 0.15) is 6.33 Å². The van der Waals surface area contributed by atoms with E-state index in [9.17, 15) is 10.1 Å². The monoisotopic (exact) mass is 391 g/mol.